The average molecular weight is 280 g/mol. The zero-order chi connectivity index (χ0) is 14.9. The van der Waals surface area contributed by atoms with Gasteiger partial charge in [0, 0.05) is 44.4 Å². The molecule has 0 bridgehead atoms. The molecule has 0 aromatic heterocycles. The highest BCUT2D eigenvalue weighted by Gasteiger charge is 2.40. The molecule has 0 N–H and O–H groups in total. The van der Waals surface area contributed by atoms with E-state index in [2.05, 4.69) is 0 Å². The van der Waals surface area contributed by atoms with Crippen LogP contribution in [0.25, 0.3) is 0 Å². The maximum absolute atomic E-state index is 12.5. The van der Waals surface area contributed by atoms with Crippen LogP contribution in [0.5, 0.6) is 0 Å². The minimum absolute atomic E-state index is 0.0415. The average Bonchev–Trinajstić information content (AvgIpc) is 2.61. The molecule has 0 spiro atoms. The number of carbonyl (C=O) groups excluding carboxylic acids is 3. The van der Waals surface area contributed by atoms with Crippen LogP contribution in [0.1, 0.15) is 46.5 Å². The Morgan fingerprint density at radius 3 is 2.45 bits per heavy atom. The summed E-state index contributed by atoms with van der Waals surface area (Å²) in [5, 5.41) is 0. The van der Waals surface area contributed by atoms with E-state index in [0.29, 0.717) is 38.9 Å². The molecular weight excluding hydrogens is 256 g/mol. The Balaban J connectivity index is 2.00. The fourth-order valence-electron chi connectivity index (χ4n) is 2.96. The van der Waals surface area contributed by atoms with Gasteiger partial charge in [-0.15, -0.1) is 0 Å². The van der Waals surface area contributed by atoms with E-state index in [1.807, 2.05) is 20.8 Å². The van der Waals surface area contributed by atoms with E-state index < -0.39 is 0 Å². The lowest BCUT2D eigenvalue weighted by atomic mass is 10.1. The van der Waals surface area contributed by atoms with Crippen molar-refractivity contribution < 1.29 is 14.4 Å². The molecule has 0 saturated carbocycles. The van der Waals surface area contributed by atoms with E-state index in [0.717, 1.165) is 6.42 Å². The highest BCUT2D eigenvalue weighted by molar-refractivity contribution is 5.90. The van der Waals surface area contributed by atoms with Gasteiger partial charge in [-0.05, 0) is 27.2 Å². The molecule has 2 aliphatic rings. The van der Waals surface area contributed by atoms with E-state index >= 15 is 0 Å². The summed E-state index contributed by atoms with van der Waals surface area (Å²) in [6.07, 6.45) is 2.08. The van der Waals surface area contributed by atoms with Gasteiger partial charge in [0.25, 0.3) is 0 Å². The number of rotatable bonds is 1. The van der Waals surface area contributed by atoms with Gasteiger partial charge in [-0.3, -0.25) is 14.4 Å². The highest BCUT2D eigenvalue weighted by Crippen LogP contribution is 2.27. The molecule has 0 radical (unpaired) electrons. The Labute approximate surface area is 120 Å². The van der Waals surface area contributed by atoms with Crippen molar-refractivity contribution in [2.45, 2.75) is 52.0 Å². The van der Waals surface area contributed by atoms with E-state index in [1.54, 1.807) is 9.80 Å². The highest BCUT2D eigenvalue weighted by atomic mass is 16.2. The number of ketones is 1. The van der Waals surface area contributed by atoms with Crippen molar-refractivity contribution in [2.24, 2.45) is 5.92 Å². The lowest BCUT2D eigenvalue weighted by Crippen LogP contribution is -2.43. The van der Waals surface area contributed by atoms with Gasteiger partial charge in [0.1, 0.15) is 5.78 Å². The summed E-state index contributed by atoms with van der Waals surface area (Å²) >= 11 is 0. The van der Waals surface area contributed by atoms with Crippen molar-refractivity contribution in [3.05, 3.63) is 0 Å². The Morgan fingerprint density at radius 2 is 1.85 bits per heavy atom. The summed E-state index contributed by atoms with van der Waals surface area (Å²) in [6, 6.07) is 0. The Hall–Kier alpha value is -1.39. The topological polar surface area (TPSA) is 57.7 Å². The summed E-state index contributed by atoms with van der Waals surface area (Å²) in [5.74, 6) is 0.0931. The number of nitrogens with zero attached hydrogens (tertiary/aromatic N) is 2. The molecule has 1 unspecified atom stereocenters. The number of hydrogen-bond donors (Lipinski definition) is 0. The van der Waals surface area contributed by atoms with Crippen LogP contribution in [-0.4, -0.2) is 52.6 Å². The van der Waals surface area contributed by atoms with Gasteiger partial charge in [-0.25, -0.2) is 0 Å². The fourth-order valence-corrected chi connectivity index (χ4v) is 2.96. The van der Waals surface area contributed by atoms with Crippen LogP contribution in [-0.2, 0) is 14.4 Å². The summed E-state index contributed by atoms with van der Waals surface area (Å²) in [7, 11) is 0. The van der Waals surface area contributed by atoms with Crippen LogP contribution in [0.4, 0.5) is 0 Å². The maximum Gasteiger partial charge on any atom is 0.228 e. The van der Waals surface area contributed by atoms with E-state index in [1.165, 1.54) is 0 Å². The first-order valence-electron chi connectivity index (χ1n) is 7.40. The zero-order valence-corrected chi connectivity index (χ0v) is 12.6. The van der Waals surface area contributed by atoms with Crippen LogP contribution < -0.4 is 0 Å². The van der Waals surface area contributed by atoms with Gasteiger partial charge in [0.05, 0.1) is 5.92 Å². The third-order valence-corrected chi connectivity index (χ3v) is 4.14. The van der Waals surface area contributed by atoms with Crippen molar-refractivity contribution in [2.75, 3.05) is 19.6 Å². The second-order valence-electron chi connectivity index (χ2n) is 6.79. The van der Waals surface area contributed by atoms with E-state index in [-0.39, 0.29) is 29.1 Å². The second kappa shape index (κ2) is 5.54. The molecule has 2 amide bonds. The molecule has 2 fully saturated rings. The van der Waals surface area contributed by atoms with Crippen molar-refractivity contribution >= 4 is 17.6 Å². The molecule has 2 heterocycles. The monoisotopic (exact) mass is 280 g/mol. The number of amides is 2. The third-order valence-electron chi connectivity index (χ3n) is 4.14. The van der Waals surface area contributed by atoms with Crippen LogP contribution >= 0.6 is 0 Å². The molecule has 5 nitrogen and oxygen atoms in total. The maximum atomic E-state index is 12.5. The second-order valence-corrected chi connectivity index (χ2v) is 6.79. The Bertz CT molecular complexity index is 425. The first-order chi connectivity index (χ1) is 9.29. The van der Waals surface area contributed by atoms with Gasteiger partial charge in [0.2, 0.25) is 11.8 Å². The first kappa shape index (κ1) is 15.0. The van der Waals surface area contributed by atoms with Crippen LogP contribution in [0.2, 0.25) is 0 Å². The molecule has 112 valence electrons. The number of carbonyl (C=O) groups is 3. The quantitative estimate of drug-likeness (QED) is 0.725. The minimum atomic E-state index is -0.241. The Kier molecular flexibility index (Phi) is 4.16. The standard InChI is InChI=1S/C15H24N2O3/c1-15(2,3)17-10-11(9-13(17)19)14(20)16-7-4-5-12(18)6-8-16/h11H,4-10H2,1-3H3. The summed E-state index contributed by atoms with van der Waals surface area (Å²) in [4.78, 5) is 39.5. The minimum Gasteiger partial charge on any atom is -0.342 e. The van der Waals surface area contributed by atoms with Crippen molar-refractivity contribution in [1.29, 1.82) is 0 Å². The lowest BCUT2D eigenvalue weighted by molar-refractivity contribution is -0.136. The normalized spacial score (nSPS) is 25.1. The number of hydrogen-bond acceptors (Lipinski definition) is 3. The summed E-state index contributed by atoms with van der Waals surface area (Å²) < 4.78 is 0. The molecular formula is C15H24N2O3. The van der Waals surface area contributed by atoms with Crippen molar-refractivity contribution in [3.8, 4) is 0 Å². The number of likely N-dealkylation sites (tertiary alicyclic amines) is 2. The van der Waals surface area contributed by atoms with Gasteiger partial charge < -0.3 is 9.80 Å². The van der Waals surface area contributed by atoms with Crippen LogP contribution in [0.15, 0.2) is 0 Å². The fraction of sp³-hybridized carbons (Fsp3) is 0.800. The van der Waals surface area contributed by atoms with E-state index in [4.69, 9.17) is 0 Å². The summed E-state index contributed by atoms with van der Waals surface area (Å²) in [6.45, 7) is 7.63. The smallest absolute Gasteiger partial charge is 0.228 e. The van der Waals surface area contributed by atoms with Crippen molar-refractivity contribution in [1.82, 2.24) is 9.80 Å². The largest absolute Gasteiger partial charge is 0.342 e. The number of Topliss-reactive ketones (excluding diaryl/α,β-unsaturated/α-hetero) is 1. The molecule has 2 saturated heterocycles. The predicted molar refractivity (Wildman–Crippen MR) is 75.0 cm³/mol. The molecule has 2 aliphatic heterocycles. The summed E-state index contributed by atoms with van der Waals surface area (Å²) in [5.41, 5.74) is -0.235. The SMILES string of the molecule is CC(C)(C)N1CC(C(=O)N2CCCC(=O)CC2)CC1=O. The van der Waals surface area contributed by atoms with Crippen LogP contribution in [0, 0.1) is 5.92 Å². The molecule has 0 aromatic rings. The molecule has 2 rings (SSSR count). The molecule has 1 atom stereocenters. The molecule has 0 aromatic carbocycles. The molecule has 5 heteroatoms. The van der Waals surface area contributed by atoms with Gasteiger partial charge in [-0.2, -0.15) is 0 Å². The Morgan fingerprint density at radius 1 is 1.15 bits per heavy atom. The molecule has 20 heavy (non-hydrogen) atoms. The van der Waals surface area contributed by atoms with Crippen molar-refractivity contribution in [3.63, 3.8) is 0 Å². The molecule has 0 aliphatic carbocycles. The lowest BCUT2D eigenvalue weighted by Gasteiger charge is -2.32. The van der Waals surface area contributed by atoms with Gasteiger partial charge >= 0.3 is 0 Å². The first-order valence-corrected chi connectivity index (χ1v) is 7.40. The third kappa shape index (κ3) is 3.19. The van der Waals surface area contributed by atoms with Crippen LogP contribution in [0.3, 0.4) is 0 Å². The van der Waals surface area contributed by atoms with E-state index in [9.17, 15) is 14.4 Å². The zero-order valence-electron chi connectivity index (χ0n) is 12.6. The van der Waals surface area contributed by atoms with Gasteiger partial charge in [-0.1, -0.05) is 0 Å². The predicted octanol–water partition coefficient (Wildman–Crippen LogP) is 1.21. The van der Waals surface area contributed by atoms with Gasteiger partial charge in [0.15, 0.2) is 0 Å².